The Kier molecular flexibility index (Phi) is 7.27. The number of carbonyl (C=O) groups is 2. The summed E-state index contributed by atoms with van der Waals surface area (Å²) in [7, 11) is 0. The van der Waals surface area contributed by atoms with Gasteiger partial charge in [-0.3, -0.25) is 9.59 Å². The molecule has 31 heavy (non-hydrogen) atoms. The Morgan fingerprint density at radius 1 is 1.19 bits per heavy atom. The van der Waals surface area contributed by atoms with Gasteiger partial charge in [0.25, 0.3) is 0 Å². The van der Waals surface area contributed by atoms with E-state index in [1.807, 2.05) is 10.7 Å². The van der Waals surface area contributed by atoms with Crippen LogP contribution in [-0.4, -0.2) is 50.8 Å². The number of esters is 1. The van der Waals surface area contributed by atoms with Gasteiger partial charge in [0.1, 0.15) is 17.1 Å². The Bertz CT molecular complexity index is 1110. The molecule has 1 aromatic carbocycles. The maximum atomic E-state index is 12.2. The molecule has 164 valence electrons. The van der Waals surface area contributed by atoms with Crippen molar-refractivity contribution in [2.45, 2.75) is 45.6 Å². The third-order valence-electron chi connectivity index (χ3n) is 4.85. The van der Waals surface area contributed by atoms with Crippen LogP contribution in [-0.2, 0) is 14.3 Å². The van der Waals surface area contributed by atoms with Gasteiger partial charge in [-0.2, -0.15) is 10.2 Å². The Balaban J connectivity index is 1.91. The van der Waals surface area contributed by atoms with E-state index in [-0.39, 0.29) is 30.7 Å². The molecular weight excluding hydrogens is 414 g/mol. The Morgan fingerprint density at radius 3 is 2.65 bits per heavy atom. The predicted molar refractivity (Wildman–Crippen MR) is 121 cm³/mol. The van der Waals surface area contributed by atoms with Crippen molar-refractivity contribution < 1.29 is 14.3 Å². The van der Waals surface area contributed by atoms with Gasteiger partial charge in [-0.25, -0.2) is 4.68 Å². The fourth-order valence-electron chi connectivity index (χ4n) is 3.09. The van der Waals surface area contributed by atoms with Crippen LogP contribution in [0.3, 0.4) is 0 Å². The number of hydrogen-bond donors (Lipinski definition) is 1. The second kappa shape index (κ2) is 9.91. The Hall–Kier alpha value is -2.94. The van der Waals surface area contributed by atoms with Gasteiger partial charge in [0, 0.05) is 5.39 Å². The normalized spacial score (nSPS) is 11.2. The van der Waals surface area contributed by atoms with Gasteiger partial charge < -0.3 is 10.1 Å². The van der Waals surface area contributed by atoms with Gasteiger partial charge in [0.2, 0.25) is 5.91 Å². The van der Waals surface area contributed by atoms with Gasteiger partial charge in [0.15, 0.2) is 0 Å². The van der Waals surface area contributed by atoms with Crippen LogP contribution in [0.25, 0.3) is 16.6 Å². The molecule has 0 unspecified atom stereocenters. The zero-order chi connectivity index (χ0) is 22.5. The third kappa shape index (κ3) is 5.22. The highest BCUT2D eigenvalue weighted by Gasteiger charge is 2.19. The zero-order valence-corrected chi connectivity index (χ0v) is 19.2. The molecule has 9 heteroatoms. The second-order valence-corrected chi connectivity index (χ2v) is 8.47. The van der Waals surface area contributed by atoms with Crippen molar-refractivity contribution in [3.05, 3.63) is 41.2 Å². The van der Waals surface area contributed by atoms with Gasteiger partial charge >= 0.3 is 5.97 Å². The lowest BCUT2D eigenvalue weighted by molar-refractivity contribution is -0.143. The maximum absolute atomic E-state index is 12.2. The van der Waals surface area contributed by atoms with Crippen LogP contribution in [0.4, 0.5) is 0 Å². The topological polar surface area (TPSA) is 99.0 Å². The second-order valence-electron chi connectivity index (χ2n) is 7.50. The summed E-state index contributed by atoms with van der Waals surface area (Å²) in [6, 6.07) is 6.16. The highest BCUT2D eigenvalue weighted by atomic mass is 32.2. The fourth-order valence-corrected chi connectivity index (χ4v) is 3.89. The molecule has 0 aliphatic rings. The van der Waals surface area contributed by atoms with Crippen molar-refractivity contribution in [1.82, 2.24) is 25.3 Å². The molecule has 0 saturated carbocycles. The van der Waals surface area contributed by atoms with Gasteiger partial charge in [-0.05, 0) is 49.9 Å². The van der Waals surface area contributed by atoms with E-state index in [1.54, 1.807) is 13.1 Å². The smallest absolute Gasteiger partial charge is 0.325 e. The van der Waals surface area contributed by atoms with Crippen molar-refractivity contribution in [3.8, 4) is 5.69 Å². The molecule has 2 aromatic heterocycles. The van der Waals surface area contributed by atoms with Crippen molar-refractivity contribution in [2.24, 2.45) is 0 Å². The molecule has 3 rings (SSSR count). The molecule has 0 radical (unpaired) electrons. The van der Waals surface area contributed by atoms with E-state index in [0.717, 1.165) is 22.3 Å². The van der Waals surface area contributed by atoms with Crippen molar-refractivity contribution in [2.75, 3.05) is 18.9 Å². The summed E-state index contributed by atoms with van der Waals surface area (Å²) in [5.41, 5.74) is 4.98. The number of hydrogen-bond acceptors (Lipinski definition) is 7. The predicted octanol–water partition coefficient (Wildman–Crippen LogP) is 3.33. The number of ether oxygens (including phenoxy) is 1. The standard InChI is InChI=1S/C22H27N5O3S/c1-6-30-19(29)11-23-18(28)12-31-22-21-17(20(13(2)3)25-26-22)10-24-27(21)16-8-7-14(4)15(5)9-16/h7-10,13H,6,11-12H2,1-5H3,(H,23,28). The molecule has 0 bridgehead atoms. The molecule has 3 aromatic rings. The number of aromatic nitrogens is 4. The van der Waals surface area contributed by atoms with E-state index in [9.17, 15) is 9.59 Å². The summed E-state index contributed by atoms with van der Waals surface area (Å²) in [5.74, 6) is -0.461. The van der Waals surface area contributed by atoms with Gasteiger partial charge in [-0.15, -0.1) is 5.10 Å². The SMILES string of the molecule is CCOC(=O)CNC(=O)CSc1nnc(C(C)C)c2cnn(-c3ccc(C)c(C)c3)c12. The van der Waals surface area contributed by atoms with Crippen LogP contribution in [0, 0.1) is 13.8 Å². The lowest BCUT2D eigenvalue weighted by atomic mass is 10.1. The van der Waals surface area contributed by atoms with Gasteiger partial charge in [0.05, 0.1) is 29.9 Å². The Morgan fingerprint density at radius 2 is 1.97 bits per heavy atom. The van der Waals surface area contributed by atoms with E-state index in [1.165, 1.54) is 22.9 Å². The van der Waals surface area contributed by atoms with Crippen molar-refractivity contribution >= 4 is 34.5 Å². The number of nitrogens with zero attached hydrogens (tertiary/aromatic N) is 4. The first-order valence-electron chi connectivity index (χ1n) is 10.2. The number of carbonyl (C=O) groups excluding carboxylic acids is 2. The van der Waals surface area contributed by atoms with E-state index >= 15 is 0 Å². The molecule has 2 heterocycles. The number of rotatable bonds is 8. The molecular formula is C22H27N5O3S. The van der Waals surface area contributed by atoms with Crippen LogP contribution in [0.2, 0.25) is 0 Å². The first-order chi connectivity index (χ1) is 14.8. The highest BCUT2D eigenvalue weighted by molar-refractivity contribution is 8.00. The third-order valence-corrected chi connectivity index (χ3v) is 5.81. The fraction of sp³-hybridized carbons (Fsp3) is 0.409. The summed E-state index contributed by atoms with van der Waals surface area (Å²) in [6.45, 7) is 10.1. The summed E-state index contributed by atoms with van der Waals surface area (Å²) < 4.78 is 6.67. The number of benzene rings is 1. The lowest BCUT2D eigenvalue weighted by Crippen LogP contribution is -2.31. The summed E-state index contributed by atoms with van der Waals surface area (Å²) in [5, 5.41) is 17.5. The number of nitrogens with one attached hydrogen (secondary N) is 1. The molecule has 1 amide bonds. The molecule has 1 N–H and O–H groups in total. The lowest BCUT2D eigenvalue weighted by Gasteiger charge is -2.11. The van der Waals surface area contributed by atoms with E-state index in [0.29, 0.717) is 5.03 Å². The van der Waals surface area contributed by atoms with Crippen LogP contribution in [0.1, 0.15) is 43.5 Å². The van der Waals surface area contributed by atoms with Crippen molar-refractivity contribution in [3.63, 3.8) is 0 Å². The molecule has 0 atom stereocenters. The monoisotopic (exact) mass is 441 g/mol. The minimum Gasteiger partial charge on any atom is -0.465 e. The molecule has 0 aliphatic heterocycles. The average molecular weight is 442 g/mol. The molecule has 0 saturated heterocycles. The minimum absolute atomic E-state index is 0.0995. The first kappa shape index (κ1) is 22.7. The molecule has 0 aliphatic carbocycles. The summed E-state index contributed by atoms with van der Waals surface area (Å²) in [6.07, 6.45) is 1.80. The van der Waals surface area contributed by atoms with Crippen LogP contribution in [0.5, 0.6) is 0 Å². The number of fused-ring (bicyclic) bond motifs is 1. The molecule has 0 spiro atoms. The summed E-state index contributed by atoms with van der Waals surface area (Å²) in [4.78, 5) is 23.6. The first-order valence-corrected chi connectivity index (χ1v) is 11.2. The van der Waals surface area contributed by atoms with Crippen LogP contribution >= 0.6 is 11.8 Å². The molecule has 8 nitrogen and oxygen atoms in total. The van der Waals surface area contributed by atoms with E-state index in [4.69, 9.17) is 4.74 Å². The number of amides is 1. The molecule has 0 fully saturated rings. The minimum atomic E-state index is -0.461. The maximum Gasteiger partial charge on any atom is 0.325 e. The largest absolute Gasteiger partial charge is 0.465 e. The van der Waals surface area contributed by atoms with Gasteiger partial charge in [-0.1, -0.05) is 31.7 Å². The van der Waals surface area contributed by atoms with E-state index < -0.39 is 5.97 Å². The number of thioether (sulfide) groups is 1. The zero-order valence-electron chi connectivity index (χ0n) is 18.4. The summed E-state index contributed by atoms with van der Waals surface area (Å²) >= 11 is 1.27. The average Bonchev–Trinajstić information content (AvgIpc) is 3.18. The Labute approximate surface area is 185 Å². The number of aryl methyl sites for hydroxylation is 2. The highest BCUT2D eigenvalue weighted by Crippen LogP contribution is 2.31. The van der Waals surface area contributed by atoms with Crippen LogP contribution < -0.4 is 5.32 Å². The quantitative estimate of drug-likeness (QED) is 0.423. The van der Waals surface area contributed by atoms with Crippen molar-refractivity contribution in [1.29, 1.82) is 0 Å². The van der Waals surface area contributed by atoms with E-state index in [2.05, 4.69) is 60.4 Å². The van der Waals surface area contributed by atoms with Crippen LogP contribution in [0.15, 0.2) is 29.4 Å².